The Bertz CT molecular complexity index is 465. The third kappa shape index (κ3) is 2.18. The minimum atomic E-state index is -0.193. The van der Waals surface area contributed by atoms with Gasteiger partial charge < -0.3 is 20.6 Å². The van der Waals surface area contributed by atoms with Crippen LogP contribution in [0.2, 0.25) is 0 Å². The highest BCUT2D eigenvalue weighted by Gasteiger charge is 2.41. The topological polar surface area (TPSA) is 91.4 Å². The van der Waals surface area contributed by atoms with E-state index >= 15 is 0 Å². The molecular formula is C12H20N6O. The molecule has 2 fully saturated rings. The molecule has 2 aliphatic heterocycles. The molecule has 1 aromatic rings. The number of aliphatic hydroxyl groups is 1. The van der Waals surface area contributed by atoms with Crippen LogP contribution in [0, 0.1) is 0 Å². The van der Waals surface area contributed by atoms with E-state index in [9.17, 15) is 5.11 Å². The lowest BCUT2D eigenvalue weighted by molar-refractivity contribution is 0.125. The van der Waals surface area contributed by atoms with Crippen molar-refractivity contribution in [1.82, 2.24) is 15.0 Å². The van der Waals surface area contributed by atoms with E-state index in [2.05, 4.69) is 19.9 Å². The van der Waals surface area contributed by atoms with Crippen LogP contribution in [0.4, 0.5) is 17.8 Å². The molecule has 0 amide bonds. The standard InChI is InChI=1S/C12H20N6O/c1-17(2)11-14-10(13)15-12(16-11)18-7-3-4-8(18)6-9(19)5-7/h7-9,19H,3-6H2,1-2H3,(H2,13,14,15,16). The Labute approximate surface area is 112 Å². The van der Waals surface area contributed by atoms with E-state index in [0.29, 0.717) is 24.0 Å². The van der Waals surface area contributed by atoms with Crippen molar-refractivity contribution in [2.75, 3.05) is 29.6 Å². The number of hydrogen-bond donors (Lipinski definition) is 2. The fourth-order valence-corrected chi connectivity index (χ4v) is 3.16. The fraction of sp³-hybridized carbons (Fsp3) is 0.750. The Morgan fingerprint density at radius 3 is 2.37 bits per heavy atom. The minimum absolute atomic E-state index is 0.193. The second-order valence-electron chi connectivity index (χ2n) is 5.61. The molecule has 0 spiro atoms. The second kappa shape index (κ2) is 4.48. The van der Waals surface area contributed by atoms with Gasteiger partial charge in [0.25, 0.3) is 0 Å². The van der Waals surface area contributed by atoms with E-state index in [4.69, 9.17) is 5.73 Å². The summed E-state index contributed by atoms with van der Waals surface area (Å²) in [7, 11) is 3.76. The Hall–Kier alpha value is -1.63. The van der Waals surface area contributed by atoms with Gasteiger partial charge in [-0.1, -0.05) is 0 Å². The molecule has 7 heteroatoms. The molecule has 2 aliphatic rings. The maximum atomic E-state index is 9.84. The zero-order valence-corrected chi connectivity index (χ0v) is 11.3. The number of nitrogen functional groups attached to an aromatic ring is 1. The summed E-state index contributed by atoms with van der Waals surface area (Å²) in [6.07, 6.45) is 3.56. The number of piperidine rings is 1. The molecule has 2 unspecified atom stereocenters. The van der Waals surface area contributed by atoms with Gasteiger partial charge in [0.2, 0.25) is 17.8 Å². The number of rotatable bonds is 2. The van der Waals surface area contributed by atoms with Crippen LogP contribution in [0.5, 0.6) is 0 Å². The maximum Gasteiger partial charge on any atom is 0.232 e. The second-order valence-corrected chi connectivity index (χ2v) is 5.61. The van der Waals surface area contributed by atoms with Crippen LogP contribution in [0.3, 0.4) is 0 Å². The minimum Gasteiger partial charge on any atom is -0.393 e. The number of hydrogen-bond acceptors (Lipinski definition) is 7. The van der Waals surface area contributed by atoms with Crippen molar-refractivity contribution in [2.24, 2.45) is 0 Å². The van der Waals surface area contributed by atoms with Crippen LogP contribution in [0.15, 0.2) is 0 Å². The lowest BCUT2D eigenvalue weighted by Crippen LogP contribution is -2.45. The molecule has 0 aliphatic carbocycles. The van der Waals surface area contributed by atoms with E-state index in [1.54, 1.807) is 0 Å². The van der Waals surface area contributed by atoms with E-state index in [-0.39, 0.29) is 12.1 Å². The smallest absolute Gasteiger partial charge is 0.232 e. The van der Waals surface area contributed by atoms with Gasteiger partial charge >= 0.3 is 0 Å². The lowest BCUT2D eigenvalue weighted by atomic mass is 10.0. The first-order valence-electron chi connectivity index (χ1n) is 6.70. The summed E-state index contributed by atoms with van der Waals surface area (Å²) in [4.78, 5) is 16.9. The van der Waals surface area contributed by atoms with Gasteiger partial charge in [0, 0.05) is 26.2 Å². The van der Waals surface area contributed by atoms with Crippen molar-refractivity contribution in [1.29, 1.82) is 0 Å². The van der Waals surface area contributed by atoms with Crippen LogP contribution in [-0.4, -0.2) is 52.3 Å². The van der Waals surface area contributed by atoms with Crippen LogP contribution in [0.1, 0.15) is 25.7 Å². The average molecular weight is 264 g/mol. The van der Waals surface area contributed by atoms with Gasteiger partial charge in [0.1, 0.15) is 0 Å². The highest BCUT2D eigenvalue weighted by atomic mass is 16.3. The number of nitrogens with zero attached hydrogens (tertiary/aromatic N) is 5. The van der Waals surface area contributed by atoms with Crippen molar-refractivity contribution in [2.45, 2.75) is 43.9 Å². The number of aliphatic hydroxyl groups excluding tert-OH is 1. The van der Waals surface area contributed by atoms with Gasteiger partial charge in [0.05, 0.1) is 6.10 Å². The van der Waals surface area contributed by atoms with Crippen molar-refractivity contribution >= 4 is 17.8 Å². The Kier molecular flexibility index (Phi) is 2.93. The van der Waals surface area contributed by atoms with Gasteiger partial charge in [0.15, 0.2) is 0 Å². The number of nitrogens with two attached hydrogens (primary N) is 1. The quantitative estimate of drug-likeness (QED) is 0.777. The van der Waals surface area contributed by atoms with Crippen molar-refractivity contribution < 1.29 is 5.11 Å². The summed E-state index contributed by atoms with van der Waals surface area (Å²) in [6.45, 7) is 0. The Morgan fingerprint density at radius 1 is 1.16 bits per heavy atom. The van der Waals surface area contributed by atoms with E-state index in [1.165, 1.54) is 0 Å². The number of fused-ring (bicyclic) bond motifs is 2. The van der Waals surface area contributed by atoms with Crippen molar-refractivity contribution in [3.63, 3.8) is 0 Å². The molecule has 0 aromatic carbocycles. The largest absolute Gasteiger partial charge is 0.393 e. The first-order valence-corrected chi connectivity index (χ1v) is 6.70. The molecule has 0 radical (unpaired) electrons. The van der Waals surface area contributed by atoms with Gasteiger partial charge in [-0.05, 0) is 25.7 Å². The van der Waals surface area contributed by atoms with E-state index in [1.807, 2.05) is 19.0 Å². The molecule has 2 atom stereocenters. The summed E-state index contributed by atoms with van der Waals surface area (Å²) in [5, 5.41) is 9.84. The highest BCUT2D eigenvalue weighted by molar-refractivity contribution is 5.45. The van der Waals surface area contributed by atoms with Gasteiger partial charge in [-0.15, -0.1) is 0 Å². The third-order valence-electron chi connectivity index (χ3n) is 3.97. The van der Waals surface area contributed by atoms with E-state index < -0.39 is 0 Å². The molecule has 7 nitrogen and oxygen atoms in total. The molecule has 3 heterocycles. The molecular weight excluding hydrogens is 244 g/mol. The Balaban J connectivity index is 1.94. The molecule has 19 heavy (non-hydrogen) atoms. The summed E-state index contributed by atoms with van der Waals surface area (Å²) < 4.78 is 0. The Morgan fingerprint density at radius 2 is 1.79 bits per heavy atom. The fourth-order valence-electron chi connectivity index (χ4n) is 3.16. The molecule has 2 bridgehead atoms. The molecule has 104 valence electrons. The highest BCUT2D eigenvalue weighted by Crippen LogP contribution is 2.38. The summed E-state index contributed by atoms with van der Waals surface area (Å²) in [5.41, 5.74) is 5.78. The molecule has 0 saturated carbocycles. The van der Waals surface area contributed by atoms with Gasteiger partial charge in [-0.2, -0.15) is 15.0 Å². The predicted molar refractivity (Wildman–Crippen MR) is 73.1 cm³/mol. The van der Waals surface area contributed by atoms with Gasteiger partial charge in [-0.3, -0.25) is 0 Å². The summed E-state index contributed by atoms with van der Waals surface area (Å²) in [6, 6.07) is 0.649. The van der Waals surface area contributed by atoms with Crippen molar-refractivity contribution in [3.8, 4) is 0 Å². The monoisotopic (exact) mass is 264 g/mol. The van der Waals surface area contributed by atoms with Gasteiger partial charge in [-0.25, -0.2) is 0 Å². The predicted octanol–water partition coefficient (Wildman–Crippen LogP) is 0.0119. The molecule has 3 N–H and O–H groups in total. The normalized spacial score (nSPS) is 29.6. The first kappa shape index (κ1) is 12.4. The maximum absolute atomic E-state index is 9.84. The number of aromatic nitrogens is 3. The zero-order valence-electron chi connectivity index (χ0n) is 11.3. The van der Waals surface area contributed by atoms with Crippen LogP contribution < -0.4 is 15.5 Å². The molecule has 3 rings (SSSR count). The summed E-state index contributed by atoms with van der Waals surface area (Å²) in [5.74, 6) is 1.47. The van der Waals surface area contributed by atoms with Crippen LogP contribution >= 0.6 is 0 Å². The molecule has 2 saturated heterocycles. The average Bonchev–Trinajstić information content (AvgIpc) is 2.61. The summed E-state index contributed by atoms with van der Waals surface area (Å²) >= 11 is 0. The van der Waals surface area contributed by atoms with E-state index in [0.717, 1.165) is 25.7 Å². The zero-order chi connectivity index (χ0) is 13.6. The lowest BCUT2D eigenvalue weighted by Gasteiger charge is -2.37. The number of anilines is 3. The van der Waals surface area contributed by atoms with Crippen molar-refractivity contribution in [3.05, 3.63) is 0 Å². The SMILES string of the molecule is CN(C)c1nc(N)nc(N2C3CCC2CC(O)C3)n1. The molecule has 1 aromatic heterocycles. The van der Waals surface area contributed by atoms with Crippen LogP contribution in [-0.2, 0) is 0 Å². The third-order valence-corrected chi connectivity index (χ3v) is 3.97. The van der Waals surface area contributed by atoms with Crippen LogP contribution in [0.25, 0.3) is 0 Å². The first-order chi connectivity index (χ1) is 9.04.